The highest BCUT2D eigenvalue weighted by molar-refractivity contribution is 5.84. The van der Waals surface area contributed by atoms with E-state index in [1.54, 1.807) is 6.07 Å². The van der Waals surface area contributed by atoms with Gasteiger partial charge in [-0.1, -0.05) is 45.2 Å². The lowest BCUT2D eigenvalue weighted by molar-refractivity contribution is 0.184. The van der Waals surface area contributed by atoms with Gasteiger partial charge in [0.15, 0.2) is 0 Å². The number of hydrogen-bond donors (Lipinski definition) is 0. The number of benzene rings is 1. The van der Waals surface area contributed by atoms with E-state index in [4.69, 9.17) is 4.52 Å². The summed E-state index contributed by atoms with van der Waals surface area (Å²) in [6, 6.07) is 5.82. The number of para-hydroxylation sites is 1. The third kappa shape index (κ3) is 3.64. The molecular weight excluding hydrogens is 381 g/mol. The lowest BCUT2D eigenvalue weighted by Crippen LogP contribution is -2.35. The second kappa shape index (κ2) is 8.10. The summed E-state index contributed by atoms with van der Waals surface area (Å²) in [5.74, 6) is 1.32. The molecule has 1 saturated heterocycles. The summed E-state index contributed by atoms with van der Waals surface area (Å²) in [6.45, 7) is 6.38. The van der Waals surface area contributed by atoms with Gasteiger partial charge in [-0.25, -0.2) is 4.39 Å². The highest BCUT2D eigenvalue weighted by Crippen LogP contribution is 2.30. The average molecular weight is 412 g/mol. The molecule has 7 heteroatoms. The second-order valence-electron chi connectivity index (χ2n) is 9.22. The van der Waals surface area contributed by atoms with Crippen molar-refractivity contribution in [3.8, 4) is 5.95 Å². The monoisotopic (exact) mass is 411 g/mol. The Kier molecular flexibility index (Phi) is 5.31. The Labute approximate surface area is 176 Å². The summed E-state index contributed by atoms with van der Waals surface area (Å²) < 4.78 is 21.7. The predicted octanol–water partition coefficient (Wildman–Crippen LogP) is 4.87. The number of likely N-dealkylation sites (tertiary alicyclic amines) is 1. The third-order valence-corrected chi connectivity index (χ3v) is 6.75. The average Bonchev–Trinajstić information content (AvgIpc) is 3.47. The summed E-state index contributed by atoms with van der Waals surface area (Å²) in [5.41, 5.74) is 1.26. The molecule has 2 fully saturated rings. The minimum atomic E-state index is -0.322. The molecule has 0 unspecified atom stereocenters. The van der Waals surface area contributed by atoms with Crippen LogP contribution in [0, 0.1) is 11.7 Å². The third-order valence-electron chi connectivity index (χ3n) is 6.75. The first kappa shape index (κ1) is 19.7. The molecule has 6 nitrogen and oxygen atoms in total. The van der Waals surface area contributed by atoms with Crippen LogP contribution < -0.4 is 0 Å². The standard InChI is InChI=1S/C23H30FN5O/c1-15(2)21-18-9-6-10-19(24)22(18)29(26-21)23-25-20(30-27-23)13-16-11-12-28(14-16)17-7-4-3-5-8-17/h6,9-10,15-17H,3-5,7-8,11-14H2,1-2H3/t16-/m1/s1. The van der Waals surface area contributed by atoms with E-state index in [2.05, 4.69) is 34.0 Å². The molecule has 160 valence electrons. The molecule has 30 heavy (non-hydrogen) atoms. The van der Waals surface area contributed by atoms with Crippen molar-refractivity contribution in [3.05, 3.63) is 35.6 Å². The van der Waals surface area contributed by atoms with E-state index >= 15 is 0 Å². The van der Waals surface area contributed by atoms with Crippen LogP contribution in [-0.4, -0.2) is 44.0 Å². The largest absolute Gasteiger partial charge is 0.337 e. The number of halogens is 1. The molecule has 3 aromatic rings. The molecule has 3 heterocycles. The topological polar surface area (TPSA) is 60.0 Å². The fourth-order valence-corrected chi connectivity index (χ4v) is 5.19. The highest BCUT2D eigenvalue weighted by atomic mass is 19.1. The molecule has 0 amide bonds. The van der Waals surface area contributed by atoms with E-state index in [-0.39, 0.29) is 11.7 Å². The lowest BCUT2D eigenvalue weighted by Gasteiger charge is -2.31. The number of nitrogens with zero attached hydrogens (tertiary/aromatic N) is 5. The van der Waals surface area contributed by atoms with Crippen LogP contribution >= 0.6 is 0 Å². The first-order valence-electron chi connectivity index (χ1n) is 11.3. The molecule has 0 radical (unpaired) electrons. The van der Waals surface area contributed by atoms with Crippen molar-refractivity contribution in [1.82, 2.24) is 24.8 Å². The number of aromatic nitrogens is 4. The van der Waals surface area contributed by atoms with Crippen molar-refractivity contribution < 1.29 is 8.91 Å². The van der Waals surface area contributed by atoms with Gasteiger partial charge in [-0.3, -0.25) is 0 Å². The molecule has 2 aromatic heterocycles. The molecule has 5 rings (SSSR count). The maximum Gasteiger partial charge on any atom is 0.291 e. The minimum absolute atomic E-state index is 0.172. The van der Waals surface area contributed by atoms with Crippen LogP contribution in [0.3, 0.4) is 0 Å². The number of hydrogen-bond acceptors (Lipinski definition) is 5. The molecule has 1 saturated carbocycles. The summed E-state index contributed by atoms with van der Waals surface area (Å²) in [5, 5.41) is 9.56. The first-order valence-corrected chi connectivity index (χ1v) is 11.3. The Morgan fingerprint density at radius 1 is 1.17 bits per heavy atom. The van der Waals surface area contributed by atoms with Gasteiger partial charge in [0, 0.05) is 24.4 Å². The summed E-state index contributed by atoms with van der Waals surface area (Å²) >= 11 is 0. The van der Waals surface area contributed by atoms with Crippen molar-refractivity contribution in [2.45, 2.75) is 70.8 Å². The van der Waals surface area contributed by atoms with Crippen LogP contribution in [0.4, 0.5) is 4.39 Å². The highest BCUT2D eigenvalue weighted by Gasteiger charge is 2.30. The van der Waals surface area contributed by atoms with Crippen molar-refractivity contribution in [2.24, 2.45) is 5.92 Å². The van der Waals surface area contributed by atoms with Crippen molar-refractivity contribution >= 4 is 10.9 Å². The predicted molar refractivity (Wildman–Crippen MR) is 113 cm³/mol. The van der Waals surface area contributed by atoms with Gasteiger partial charge in [-0.2, -0.15) is 14.8 Å². The summed E-state index contributed by atoms with van der Waals surface area (Å²) in [6.07, 6.45) is 8.75. The zero-order valence-corrected chi connectivity index (χ0v) is 17.9. The van der Waals surface area contributed by atoms with E-state index in [1.165, 1.54) is 55.8 Å². The van der Waals surface area contributed by atoms with Crippen molar-refractivity contribution in [3.63, 3.8) is 0 Å². The van der Waals surface area contributed by atoms with Crippen LogP contribution in [0.1, 0.15) is 69.9 Å². The van der Waals surface area contributed by atoms with Crippen LogP contribution in [-0.2, 0) is 6.42 Å². The summed E-state index contributed by atoms with van der Waals surface area (Å²) in [4.78, 5) is 7.24. The molecule has 1 aliphatic heterocycles. The molecule has 0 bridgehead atoms. The smallest absolute Gasteiger partial charge is 0.291 e. The van der Waals surface area contributed by atoms with Gasteiger partial charge in [-0.15, -0.1) is 0 Å². The summed E-state index contributed by atoms with van der Waals surface area (Å²) in [7, 11) is 0. The minimum Gasteiger partial charge on any atom is -0.337 e. The van der Waals surface area contributed by atoms with E-state index in [9.17, 15) is 4.39 Å². The maximum atomic E-state index is 14.6. The zero-order valence-electron chi connectivity index (χ0n) is 17.9. The Bertz CT molecular complexity index is 1020. The van der Waals surface area contributed by atoms with Crippen molar-refractivity contribution in [1.29, 1.82) is 0 Å². The van der Waals surface area contributed by atoms with Gasteiger partial charge >= 0.3 is 0 Å². The van der Waals surface area contributed by atoms with Gasteiger partial charge in [0.25, 0.3) is 5.95 Å². The van der Waals surface area contributed by atoms with E-state index in [1.807, 2.05) is 6.07 Å². The Morgan fingerprint density at radius 3 is 2.80 bits per heavy atom. The number of rotatable bonds is 5. The Hall–Kier alpha value is -2.28. The van der Waals surface area contributed by atoms with Crippen LogP contribution in [0.5, 0.6) is 0 Å². The normalized spacial score (nSPS) is 21.3. The van der Waals surface area contributed by atoms with Gasteiger partial charge < -0.3 is 9.42 Å². The van der Waals surface area contributed by atoms with Crippen molar-refractivity contribution in [2.75, 3.05) is 13.1 Å². The van der Waals surface area contributed by atoms with Gasteiger partial charge in [-0.05, 0) is 48.9 Å². The quantitative estimate of drug-likeness (QED) is 0.600. The van der Waals surface area contributed by atoms with Gasteiger partial charge in [0.1, 0.15) is 11.3 Å². The van der Waals surface area contributed by atoms with E-state index in [0.717, 1.165) is 30.1 Å². The Morgan fingerprint density at radius 2 is 2.00 bits per heavy atom. The van der Waals surface area contributed by atoms with Gasteiger partial charge in [0.2, 0.25) is 5.89 Å². The zero-order chi connectivity index (χ0) is 20.7. The molecule has 1 atom stereocenters. The van der Waals surface area contributed by atoms with Crippen LogP contribution in [0.15, 0.2) is 22.7 Å². The number of fused-ring (bicyclic) bond motifs is 1. The SMILES string of the molecule is CC(C)c1nn(-c2noc(C[C@H]3CCN(C4CCCCC4)C3)n2)c2c(F)cccc12. The Balaban J connectivity index is 1.34. The molecule has 1 aliphatic carbocycles. The fourth-order valence-electron chi connectivity index (χ4n) is 5.19. The molecular formula is C23H30FN5O. The lowest BCUT2D eigenvalue weighted by atomic mass is 9.94. The fraction of sp³-hybridized carbons (Fsp3) is 0.609. The molecule has 0 spiro atoms. The molecule has 0 N–H and O–H groups in total. The van der Waals surface area contributed by atoms with Gasteiger partial charge in [0.05, 0.1) is 5.69 Å². The molecule has 2 aliphatic rings. The molecule has 1 aromatic carbocycles. The maximum absolute atomic E-state index is 14.6. The van der Waals surface area contributed by atoms with Crippen LogP contribution in [0.25, 0.3) is 16.9 Å². The van der Waals surface area contributed by atoms with E-state index in [0.29, 0.717) is 23.3 Å². The first-order chi connectivity index (χ1) is 14.6. The van der Waals surface area contributed by atoms with Crippen LogP contribution in [0.2, 0.25) is 0 Å². The second-order valence-corrected chi connectivity index (χ2v) is 9.22. The van der Waals surface area contributed by atoms with E-state index < -0.39 is 0 Å².